The lowest BCUT2D eigenvalue weighted by Gasteiger charge is -2.38. The van der Waals surface area contributed by atoms with Crippen molar-refractivity contribution in [3.8, 4) is 5.75 Å². The van der Waals surface area contributed by atoms with Gasteiger partial charge < -0.3 is 20.1 Å². The first-order valence-corrected chi connectivity index (χ1v) is 7.36. The first-order chi connectivity index (χ1) is 10.5. The van der Waals surface area contributed by atoms with Crippen LogP contribution in [0, 0.1) is 11.2 Å². The molecule has 1 unspecified atom stereocenters. The van der Waals surface area contributed by atoms with Crippen molar-refractivity contribution in [1.82, 2.24) is 10.6 Å². The third kappa shape index (κ3) is 5.20. The van der Waals surface area contributed by atoms with E-state index in [1.165, 1.54) is 13.2 Å². The van der Waals surface area contributed by atoms with Crippen LogP contribution in [0.2, 0.25) is 0 Å². The summed E-state index contributed by atoms with van der Waals surface area (Å²) in [4.78, 5) is 4.21. The molecule has 0 aromatic heterocycles. The lowest BCUT2D eigenvalue weighted by Crippen LogP contribution is -2.51. The first kappa shape index (κ1) is 20.0. The zero-order chi connectivity index (χ0) is 16.2. The average molecular weight is 437 g/mol. The number of benzene rings is 1. The van der Waals surface area contributed by atoms with Crippen molar-refractivity contribution in [1.29, 1.82) is 0 Å². The fourth-order valence-corrected chi connectivity index (χ4v) is 2.28. The molecule has 1 aliphatic rings. The predicted octanol–water partition coefficient (Wildman–Crippen LogP) is 2.71. The van der Waals surface area contributed by atoms with Gasteiger partial charge in [0.25, 0.3) is 0 Å². The molecule has 1 aromatic carbocycles. The van der Waals surface area contributed by atoms with Crippen LogP contribution in [-0.4, -0.2) is 39.9 Å². The van der Waals surface area contributed by atoms with E-state index in [4.69, 9.17) is 9.47 Å². The summed E-state index contributed by atoms with van der Waals surface area (Å²) in [5, 5.41) is 6.55. The van der Waals surface area contributed by atoms with E-state index < -0.39 is 0 Å². The third-order valence-corrected chi connectivity index (χ3v) is 3.84. The monoisotopic (exact) mass is 437 g/mol. The fraction of sp³-hybridized carbons (Fsp3) is 0.562. The highest BCUT2D eigenvalue weighted by molar-refractivity contribution is 14.0. The summed E-state index contributed by atoms with van der Waals surface area (Å²) in [5.74, 6) is 0.573. The zero-order valence-electron chi connectivity index (χ0n) is 14.0. The van der Waals surface area contributed by atoms with E-state index in [1.807, 2.05) is 13.0 Å². The lowest BCUT2D eigenvalue weighted by atomic mass is 9.89. The number of halogens is 2. The molecule has 2 N–H and O–H groups in total. The van der Waals surface area contributed by atoms with Crippen molar-refractivity contribution < 1.29 is 13.9 Å². The van der Waals surface area contributed by atoms with Crippen molar-refractivity contribution in [3.05, 3.63) is 29.6 Å². The number of guanidine groups is 1. The van der Waals surface area contributed by atoms with Crippen LogP contribution < -0.4 is 15.4 Å². The molecule has 1 atom stereocenters. The molecule has 130 valence electrons. The van der Waals surface area contributed by atoms with Gasteiger partial charge in [-0.05, 0) is 24.6 Å². The number of nitrogens with one attached hydrogen (secondary N) is 2. The number of hydrogen-bond acceptors (Lipinski definition) is 3. The second-order valence-corrected chi connectivity index (χ2v) is 5.99. The van der Waals surface area contributed by atoms with Crippen LogP contribution in [0.1, 0.15) is 25.5 Å². The Morgan fingerprint density at radius 3 is 2.65 bits per heavy atom. The Morgan fingerprint density at radius 2 is 2.17 bits per heavy atom. The molecule has 0 radical (unpaired) electrons. The van der Waals surface area contributed by atoms with Crippen molar-refractivity contribution in [2.45, 2.75) is 19.9 Å². The molecular weight excluding hydrogens is 412 g/mol. The molecule has 1 saturated heterocycles. The molecule has 0 bridgehead atoms. The van der Waals surface area contributed by atoms with Crippen LogP contribution in [0.5, 0.6) is 5.75 Å². The Balaban J connectivity index is 0.00000264. The molecule has 5 nitrogen and oxygen atoms in total. The summed E-state index contributed by atoms with van der Waals surface area (Å²) in [6.45, 7) is 6.43. The summed E-state index contributed by atoms with van der Waals surface area (Å²) in [6, 6.07) is 4.88. The van der Waals surface area contributed by atoms with E-state index in [0.29, 0.717) is 5.96 Å². The maximum atomic E-state index is 13.8. The molecule has 7 heteroatoms. The third-order valence-electron chi connectivity index (χ3n) is 3.84. The standard InChI is InChI=1S/C16H24FN3O2.HI/c1-11(12-5-6-14(21-4)13(17)7-12)20-15(18-3)19-8-16(2)9-22-10-16;/h5-7,11H,8-10H2,1-4H3,(H2,18,19,20);1H. The molecule has 0 aliphatic carbocycles. The van der Waals surface area contributed by atoms with Crippen molar-refractivity contribution in [2.24, 2.45) is 10.4 Å². The van der Waals surface area contributed by atoms with Gasteiger partial charge in [-0.15, -0.1) is 24.0 Å². The van der Waals surface area contributed by atoms with Gasteiger partial charge >= 0.3 is 0 Å². The van der Waals surface area contributed by atoms with E-state index in [0.717, 1.165) is 25.3 Å². The van der Waals surface area contributed by atoms with E-state index in [2.05, 4.69) is 22.5 Å². The summed E-state index contributed by atoms with van der Waals surface area (Å²) >= 11 is 0. The normalized spacial score (nSPS) is 17.5. The van der Waals surface area contributed by atoms with Gasteiger partial charge in [-0.1, -0.05) is 13.0 Å². The van der Waals surface area contributed by atoms with Crippen LogP contribution in [-0.2, 0) is 4.74 Å². The minimum atomic E-state index is -0.365. The number of hydrogen-bond donors (Lipinski definition) is 2. The zero-order valence-corrected chi connectivity index (χ0v) is 16.3. The second-order valence-electron chi connectivity index (χ2n) is 5.99. The van der Waals surface area contributed by atoms with Crippen molar-refractivity contribution in [2.75, 3.05) is 33.9 Å². The Morgan fingerprint density at radius 1 is 1.48 bits per heavy atom. The molecule has 0 amide bonds. The number of nitrogens with zero attached hydrogens (tertiary/aromatic N) is 1. The van der Waals surface area contributed by atoms with Crippen LogP contribution >= 0.6 is 24.0 Å². The highest BCUT2D eigenvalue weighted by Crippen LogP contribution is 2.25. The van der Waals surface area contributed by atoms with Crippen LogP contribution in [0.15, 0.2) is 23.2 Å². The van der Waals surface area contributed by atoms with Gasteiger partial charge in [-0.25, -0.2) is 4.39 Å². The Labute approximate surface area is 154 Å². The second kappa shape index (κ2) is 8.68. The number of ether oxygens (including phenoxy) is 2. The SMILES string of the molecule is CN=C(NCC1(C)COC1)NC(C)c1ccc(OC)c(F)c1.I. The molecule has 23 heavy (non-hydrogen) atoms. The predicted molar refractivity (Wildman–Crippen MR) is 100 cm³/mol. The van der Waals surface area contributed by atoms with Gasteiger partial charge in [0.05, 0.1) is 26.4 Å². The highest BCUT2D eigenvalue weighted by atomic mass is 127. The molecule has 1 aromatic rings. The summed E-state index contributed by atoms with van der Waals surface area (Å²) in [7, 11) is 3.17. The van der Waals surface area contributed by atoms with Crippen molar-refractivity contribution in [3.63, 3.8) is 0 Å². The smallest absolute Gasteiger partial charge is 0.191 e. The summed E-state index contributed by atoms with van der Waals surface area (Å²) < 4.78 is 23.9. The van der Waals surface area contributed by atoms with E-state index in [1.54, 1.807) is 13.1 Å². The quantitative estimate of drug-likeness (QED) is 0.423. The highest BCUT2D eigenvalue weighted by Gasteiger charge is 2.33. The number of aliphatic imine (C=N–C) groups is 1. The Kier molecular flexibility index (Phi) is 7.53. The van der Waals surface area contributed by atoms with Gasteiger partial charge in [-0.2, -0.15) is 0 Å². The lowest BCUT2D eigenvalue weighted by molar-refractivity contribution is -0.0971. The average Bonchev–Trinajstić information content (AvgIpc) is 2.49. The molecule has 0 spiro atoms. The number of methoxy groups -OCH3 is 1. The molecule has 0 saturated carbocycles. The fourth-order valence-electron chi connectivity index (χ4n) is 2.28. The van der Waals surface area contributed by atoms with Crippen LogP contribution in [0.25, 0.3) is 0 Å². The molecule has 1 fully saturated rings. The van der Waals surface area contributed by atoms with E-state index in [-0.39, 0.29) is 47.0 Å². The largest absolute Gasteiger partial charge is 0.494 e. The van der Waals surface area contributed by atoms with Gasteiger partial charge in [0, 0.05) is 19.0 Å². The Hall–Kier alpha value is -1.09. The topological polar surface area (TPSA) is 54.9 Å². The van der Waals surface area contributed by atoms with Gasteiger partial charge in [0.1, 0.15) is 0 Å². The minimum absolute atomic E-state index is 0. The summed E-state index contributed by atoms with van der Waals surface area (Å²) in [6.07, 6.45) is 0. The summed E-state index contributed by atoms with van der Waals surface area (Å²) in [5.41, 5.74) is 0.993. The van der Waals surface area contributed by atoms with Crippen LogP contribution in [0.4, 0.5) is 4.39 Å². The van der Waals surface area contributed by atoms with Gasteiger partial charge in [-0.3, -0.25) is 4.99 Å². The maximum absolute atomic E-state index is 13.8. The van der Waals surface area contributed by atoms with E-state index in [9.17, 15) is 4.39 Å². The molecule has 2 rings (SSSR count). The molecule has 1 aliphatic heterocycles. The van der Waals surface area contributed by atoms with E-state index >= 15 is 0 Å². The van der Waals surface area contributed by atoms with Crippen LogP contribution in [0.3, 0.4) is 0 Å². The van der Waals surface area contributed by atoms with Gasteiger partial charge in [0.2, 0.25) is 0 Å². The number of rotatable bonds is 5. The Bertz CT molecular complexity index is 550. The van der Waals surface area contributed by atoms with Crippen molar-refractivity contribution >= 4 is 29.9 Å². The van der Waals surface area contributed by atoms with Gasteiger partial charge in [0.15, 0.2) is 17.5 Å². The molecular formula is C16H25FIN3O2. The maximum Gasteiger partial charge on any atom is 0.191 e. The minimum Gasteiger partial charge on any atom is -0.494 e. The molecule has 1 heterocycles. The first-order valence-electron chi connectivity index (χ1n) is 7.36.